The SMILES string of the molecule is CC(O)CCN1CCC(C(C)N)C1. The van der Waals surface area contributed by atoms with Crippen molar-refractivity contribution in [3.05, 3.63) is 0 Å². The van der Waals surface area contributed by atoms with Gasteiger partial charge in [0.15, 0.2) is 0 Å². The van der Waals surface area contributed by atoms with Gasteiger partial charge in [0.2, 0.25) is 0 Å². The molecule has 3 nitrogen and oxygen atoms in total. The van der Waals surface area contributed by atoms with Crippen LogP contribution < -0.4 is 5.73 Å². The lowest BCUT2D eigenvalue weighted by Crippen LogP contribution is -2.30. The molecule has 1 aliphatic rings. The Bertz CT molecular complexity index is 148. The third-order valence-electron chi connectivity index (χ3n) is 2.92. The number of likely N-dealkylation sites (tertiary alicyclic amines) is 1. The second-order valence-corrected chi connectivity index (χ2v) is 4.35. The van der Waals surface area contributed by atoms with E-state index in [1.807, 2.05) is 6.92 Å². The Morgan fingerprint density at radius 2 is 2.23 bits per heavy atom. The molecular formula is C10H22N2O. The van der Waals surface area contributed by atoms with Gasteiger partial charge in [-0.05, 0) is 39.2 Å². The van der Waals surface area contributed by atoms with Crippen LogP contribution in [0.4, 0.5) is 0 Å². The van der Waals surface area contributed by atoms with Gasteiger partial charge in [0, 0.05) is 19.1 Å². The van der Waals surface area contributed by atoms with Crippen molar-refractivity contribution in [1.29, 1.82) is 0 Å². The molecule has 3 atom stereocenters. The highest BCUT2D eigenvalue weighted by molar-refractivity contribution is 4.80. The molecule has 0 radical (unpaired) electrons. The van der Waals surface area contributed by atoms with Gasteiger partial charge in [0.05, 0.1) is 6.10 Å². The van der Waals surface area contributed by atoms with Crippen molar-refractivity contribution in [3.8, 4) is 0 Å². The van der Waals surface area contributed by atoms with Crippen LogP contribution in [0.5, 0.6) is 0 Å². The molecule has 0 aliphatic carbocycles. The van der Waals surface area contributed by atoms with Crippen LogP contribution in [0.2, 0.25) is 0 Å². The predicted octanol–water partition coefficient (Wildman–Crippen LogP) is 0.426. The highest BCUT2D eigenvalue weighted by Crippen LogP contribution is 2.18. The summed E-state index contributed by atoms with van der Waals surface area (Å²) in [6.07, 6.45) is 1.93. The first-order valence-electron chi connectivity index (χ1n) is 5.25. The maximum atomic E-state index is 9.14. The quantitative estimate of drug-likeness (QED) is 0.669. The molecule has 1 fully saturated rings. The van der Waals surface area contributed by atoms with Gasteiger partial charge < -0.3 is 15.7 Å². The largest absolute Gasteiger partial charge is 0.393 e. The summed E-state index contributed by atoms with van der Waals surface area (Å²) in [6, 6.07) is 0.316. The van der Waals surface area contributed by atoms with Crippen molar-refractivity contribution in [3.63, 3.8) is 0 Å². The Morgan fingerprint density at radius 3 is 2.69 bits per heavy atom. The van der Waals surface area contributed by atoms with Gasteiger partial charge in [-0.1, -0.05) is 0 Å². The van der Waals surface area contributed by atoms with Crippen molar-refractivity contribution in [1.82, 2.24) is 4.90 Å². The molecule has 0 spiro atoms. The predicted molar refractivity (Wildman–Crippen MR) is 54.5 cm³/mol. The first-order chi connectivity index (χ1) is 6.09. The number of hydrogen-bond acceptors (Lipinski definition) is 3. The number of nitrogens with zero attached hydrogens (tertiary/aromatic N) is 1. The summed E-state index contributed by atoms with van der Waals surface area (Å²) in [4.78, 5) is 2.40. The van der Waals surface area contributed by atoms with Gasteiger partial charge in [-0.3, -0.25) is 0 Å². The summed E-state index contributed by atoms with van der Waals surface area (Å²) < 4.78 is 0. The van der Waals surface area contributed by atoms with Crippen molar-refractivity contribution in [2.24, 2.45) is 11.7 Å². The number of nitrogens with two attached hydrogens (primary N) is 1. The molecule has 0 saturated carbocycles. The summed E-state index contributed by atoms with van der Waals surface area (Å²) in [5.74, 6) is 0.661. The van der Waals surface area contributed by atoms with Crippen molar-refractivity contribution in [2.45, 2.75) is 38.8 Å². The summed E-state index contributed by atoms with van der Waals surface area (Å²) in [5, 5.41) is 9.14. The monoisotopic (exact) mass is 186 g/mol. The van der Waals surface area contributed by atoms with E-state index in [1.165, 1.54) is 6.42 Å². The van der Waals surface area contributed by atoms with E-state index in [2.05, 4.69) is 11.8 Å². The molecule has 0 aromatic heterocycles. The molecule has 1 rings (SSSR count). The molecule has 0 bridgehead atoms. The number of hydrogen-bond donors (Lipinski definition) is 2. The van der Waals surface area contributed by atoms with Crippen LogP contribution in [0.1, 0.15) is 26.7 Å². The minimum atomic E-state index is -0.172. The fraction of sp³-hybridized carbons (Fsp3) is 1.00. The van der Waals surface area contributed by atoms with E-state index < -0.39 is 0 Å². The van der Waals surface area contributed by atoms with Gasteiger partial charge in [0.1, 0.15) is 0 Å². The van der Waals surface area contributed by atoms with Crippen molar-refractivity contribution < 1.29 is 5.11 Å². The second kappa shape index (κ2) is 4.94. The Morgan fingerprint density at radius 1 is 1.54 bits per heavy atom. The van der Waals surface area contributed by atoms with E-state index in [1.54, 1.807) is 0 Å². The molecule has 3 N–H and O–H groups in total. The fourth-order valence-corrected chi connectivity index (χ4v) is 1.86. The Kier molecular flexibility index (Phi) is 4.16. The van der Waals surface area contributed by atoms with Crippen LogP contribution >= 0.6 is 0 Å². The molecule has 0 aromatic rings. The van der Waals surface area contributed by atoms with Crippen molar-refractivity contribution >= 4 is 0 Å². The Hall–Kier alpha value is -0.120. The highest BCUT2D eigenvalue weighted by Gasteiger charge is 2.24. The summed E-state index contributed by atoms with van der Waals surface area (Å²) in [6.45, 7) is 7.21. The van der Waals surface area contributed by atoms with E-state index in [0.29, 0.717) is 12.0 Å². The van der Waals surface area contributed by atoms with Crippen molar-refractivity contribution in [2.75, 3.05) is 19.6 Å². The minimum absolute atomic E-state index is 0.172. The standard InChI is InChI=1S/C10H22N2O/c1-8(13)3-5-12-6-4-10(7-12)9(2)11/h8-10,13H,3-7,11H2,1-2H3. The van der Waals surface area contributed by atoms with Crippen LogP contribution in [0.15, 0.2) is 0 Å². The lowest BCUT2D eigenvalue weighted by atomic mass is 10.0. The van der Waals surface area contributed by atoms with Crippen LogP contribution in [0, 0.1) is 5.92 Å². The maximum absolute atomic E-state index is 9.14. The molecule has 78 valence electrons. The van der Waals surface area contributed by atoms with E-state index in [0.717, 1.165) is 26.1 Å². The smallest absolute Gasteiger partial charge is 0.0524 e. The van der Waals surface area contributed by atoms with Crippen LogP contribution in [-0.4, -0.2) is 41.8 Å². The molecule has 1 aliphatic heterocycles. The lowest BCUT2D eigenvalue weighted by molar-refractivity contribution is 0.162. The highest BCUT2D eigenvalue weighted by atomic mass is 16.3. The van der Waals surface area contributed by atoms with Gasteiger partial charge in [0.25, 0.3) is 0 Å². The average Bonchev–Trinajstić information content (AvgIpc) is 2.48. The zero-order valence-electron chi connectivity index (χ0n) is 8.74. The van der Waals surface area contributed by atoms with Gasteiger partial charge in [-0.15, -0.1) is 0 Å². The molecule has 1 heterocycles. The van der Waals surface area contributed by atoms with Gasteiger partial charge in [-0.25, -0.2) is 0 Å². The number of aliphatic hydroxyl groups is 1. The zero-order valence-corrected chi connectivity index (χ0v) is 8.74. The van der Waals surface area contributed by atoms with E-state index >= 15 is 0 Å². The maximum Gasteiger partial charge on any atom is 0.0524 e. The first-order valence-corrected chi connectivity index (χ1v) is 5.25. The third-order valence-corrected chi connectivity index (χ3v) is 2.92. The number of rotatable bonds is 4. The van der Waals surface area contributed by atoms with Gasteiger partial charge >= 0.3 is 0 Å². The minimum Gasteiger partial charge on any atom is -0.393 e. The molecule has 0 aromatic carbocycles. The van der Waals surface area contributed by atoms with E-state index in [4.69, 9.17) is 10.8 Å². The molecule has 3 heteroatoms. The molecule has 1 saturated heterocycles. The molecule has 0 amide bonds. The summed E-state index contributed by atoms with van der Waals surface area (Å²) in [7, 11) is 0. The average molecular weight is 186 g/mol. The topological polar surface area (TPSA) is 49.5 Å². The van der Waals surface area contributed by atoms with E-state index in [-0.39, 0.29) is 6.10 Å². The number of aliphatic hydroxyl groups excluding tert-OH is 1. The summed E-state index contributed by atoms with van der Waals surface area (Å²) in [5.41, 5.74) is 5.84. The van der Waals surface area contributed by atoms with Crippen LogP contribution in [0.3, 0.4) is 0 Å². The van der Waals surface area contributed by atoms with Crippen LogP contribution in [0.25, 0.3) is 0 Å². The Balaban J connectivity index is 2.17. The van der Waals surface area contributed by atoms with Gasteiger partial charge in [-0.2, -0.15) is 0 Å². The van der Waals surface area contributed by atoms with E-state index in [9.17, 15) is 0 Å². The third kappa shape index (κ3) is 3.63. The van der Waals surface area contributed by atoms with Crippen LogP contribution in [-0.2, 0) is 0 Å². The second-order valence-electron chi connectivity index (χ2n) is 4.35. The fourth-order valence-electron chi connectivity index (χ4n) is 1.86. The summed E-state index contributed by atoms with van der Waals surface area (Å²) >= 11 is 0. The Labute approximate surface area is 80.9 Å². The first kappa shape index (κ1) is 11.0. The normalized spacial score (nSPS) is 29.1. The molecular weight excluding hydrogens is 164 g/mol. The zero-order chi connectivity index (χ0) is 9.84. The molecule has 3 unspecified atom stereocenters. The lowest BCUT2D eigenvalue weighted by Gasteiger charge is -2.18. The molecule has 13 heavy (non-hydrogen) atoms.